The highest BCUT2D eigenvalue weighted by Crippen LogP contribution is 2.24. The fourth-order valence-corrected chi connectivity index (χ4v) is 3.33. The lowest BCUT2D eigenvalue weighted by atomic mass is 9.97. The van der Waals surface area contributed by atoms with E-state index < -0.39 is 12.0 Å². The van der Waals surface area contributed by atoms with Crippen LogP contribution < -0.4 is 5.32 Å². The summed E-state index contributed by atoms with van der Waals surface area (Å²) in [5.41, 5.74) is 2.20. The summed E-state index contributed by atoms with van der Waals surface area (Å²) in [6.45, 7) is 7.51. The van der Waals surface area contributed by atoms with Crippen molar-refractivity contribution in [2.75, 3.05) is 12.9 Å². The number of nitrogens with one attached hydrogen (secondary N) is 1. The Labute approximate surface area is 153 Å². The lowest BCUT2D eigenvalue weighted by Crippen LogP contribution is -2.42. The van der Waals surface area contributed by atoms with Gasteiger partial charge in [0.2, 0.25) is 5.91 Å². The lowest BCUT2D eigenvalue weighted by Gasteiger charge is -2.16. The Morgan fingerprint density at radius 3 is 2.20 bits per heavy atom. The van der Waals surface area contributed by atoms with E-state index in [1.54, 1.807) is 0 Å². The molecule has 0 heterocycles. The third-order valence-corrected chi connectivity index (χ3v) is 4.87. The number of benzene rings is 1. The van der Waals surface area contributed by atoms with Crippen molar-refractivity contribution in [2.24, 2.45) is 5.92 Å². The minimum absolute atomic E-state index is 0.0455. The molecule has 138 valence electrons. The monoisotopic (exact) mass is 365 g/mol. The van der Waals surface area contributed by atoms with Crippen molar-refractivity contribution >= 4 is 28.8 Å². The van der Waals surface area contributed by atoms with Crippen LogP contribution in [0, 0.1) is 5.92 Å². The molecule has 0 radical (unpaired) electrons. The molecule has 25 heavy (non-hydrogen) atoms. The van der Waals surface area contributed by atoms with Crippen LogP contribution in [0.3, 0.4) is 0 Å². The molecule has 0 fully saturated rings. The van der Waals surface area contributed by atoms with E-state index in [2.05, 4.69) is 36.0 Å². The first-order chi connectivity index (χ1) is 11.7. The fourth-order valence-electron chi connectivity index (χ4n) is 2.40. The number of carbonyl (C=O) groups is 3. The number of rotatable bonds is 8. The van der Waals surface area contributed by atoms with Crippen molar-refractivity contribution in [3.63, 3.8) is 0 Å². The van der Waals surface area contributed by atoms with E-state index in [1.165, 1.54) is 19.6 Å². The second-order valence-corrected chi connectivity index (χ2v) is 7.49. The summed E-state index contributed by atoms with van der Waals surface area (Å²) < 4.78 is 4.66. The summed E-state index contributed by atoms with van der Waals surface area (Å²) >= 11 is 1.03. The molecule has 0 saturated heterocycles. The Kier molecular flexibility index (Phi) is 8.69. The molecule has 0 bridgehead atoms. The van der Waals surface area contributed by atoms with Gasteiger partial charge in [-0.3, -0.25) is 9.59 Å². The summed E-state index contributed by atoms with van der Waals surface area (Å²) in [4.78, 5) is 35.2. The predicted octanol–water partition coefficient (Wildman–Crippen LogP) is 2.93. The minimum Gasteiger partial charge on any atom is -0.467 e. The normalized spacial score (nSPS) is 13.2. The second kappa shape index (κ2) is 10.2. The van der Waals surface area contributed by atoms with Gasteiger partial charge in [0.25, 0.3) is 0 Å². The van der Waals surface area contributed by atoms with Crippen LogP contribution in [-0.4, -0.2) is 35.9 Å². The number of hydrogen-bond acceptors (Lipinski definition) is 5. The molecule has 0 unspecified atom stereocenters. The molecule has 2 atom stereocenters. The van der Waals surface area contributed by atoms with E-state index in [0.717, 1.165) is 23.7 Å². The van der Waals surface area contributed by atoms with E-state index in [9.17, 15) is 14.4 Å². The third kappa shape index (κ3) is 7.30. The quantitative estimate of drug-likeness (QED) is 0.717. The number of hydrogen-bond donors (Lipinski definition) is 1. The Balaban J connectivity index is 2.65. The van der Waals surface area contributed by atoms with Crippen LogP contribution in [0.2, 0.25) is 0 Å². The van der Waals surface area contributed by atoms with Gasteiger partial charge < -0.3 is 10.1 Å². The summed E-state index contributed by atoms with van der Waals surface area (Å²) in [7, 11) is 1.25. The molecular weight excluding hydrogens is 338 g/mol. The van der Waals surface area contributed by atoms with Gasteiger partial charge in [-0.15, -0.1) is 0 Å². The molecule has 1 aromatic rings. The van der Waals surface area contributed by atoms with Crippen LogP contribution in [-0.2, 0) is 25.5 Å². The SMILES string of the molecule is COC(=O)[C@H](CSC(=O)[C@@H](C)c1ccc(CC(C)C)cc1)NC(C)=O. The molecule has 0 saturated carbocycles. The highest BCUT2D eigenvalue weighted by molar-refractivity contribution is 8.13. The maximum Gasteiger partial charge on any atom is 0.329 e. The molecule has 1 aromatic carbocycles. The Hall–Kier alpha value is -1.82. The van der Waals surface area contributed by atoms with Crippen molar-refractivity contribution in [1.82, 2.24) is 5.32 Å². The maximum absolute atomic E-state index is 12.4. The minimum atomic E-state index is -0.822. The van der Waals surface area contributed by atoms with E-state index in [0.29, 0.717) is 5.92 Å². The van der Waals surface area contributed by atoms with Gasteiger partial charge in [-0.25, -0.2) is 4.79 Å². The highest BCUT2D eigenvalue weighted by Gasteiger charge is 2.24. The average Bonchev–Trinajstić information content (AvgIpc) is 2.56. The maximum atomic E-state index is 12.4. The molecule has 0 aliphatic carbocycles. The second-order valence-electron chi connectivity index (χ2n) is 6.47. The van der Waals surface area contributed by atoms with Crippen molar-refractivity contribution < 1.29 is 19.1 Å². The largest absolute Gasteiger partial charge is 0.467 e. The molecule has 0 aromatic heterocycles. The Morgan fingerprint density at radius 1 is 1.12 bits per heavy atom. The van der Waals surface area contributed by atoms with Crippen LogP contribution in [0.5, 0.6) is 0 Å². The molecule has 1 rings (SSSR count). The standard InChI is InChI=1S/C19H27NO4S/c1-12(2)10-15-6-8-16(9-7-15)13(3)19(23)25-11-17(18(22)24-5)20-14(4)21/h6-9,12-13,17H,10-11H2,1-5H3,(H,20,21)/t13-,17-/m0/s1. The molecule has 1 amide bonds. The molecule has 5 nitrogen and oxygen atoms in total. The Morgan fingerprint density at radius 2 is 1.72 bits per heavy atom. The first kappa shape index (κ1) is 21.2. The van der Waals surface area contributed by atoms with Gasteiger partial charge in [0.15, 0.2) is 5.12 Å². The molecular formula is C19H27NO4S. The van der Waals surface area contributed by atoms with Crippen LogP contribution in [0.25, 0.3) is 0 Å². The summed E-state index contributed by atoms with van der Waals surface area (Å²) in [6.07, 6.45) is 1.01. The van der Waals surface area contributed by atoms with E-state index >= 15 is 0 Å². The third-order valence-electron chi connectivity index (χ3n) is 3.73. The zero-order valence-corrected chi connectivity index (χ0v) is 16.3. The van der Waals surface area contributed by atoms with Gasteiger partial charge in [-0.2, -0.15) is 0 Å². The Bertz CT molecular complexity index is 598. The summed E-state index contributed by atoms with van der Waals surface area (Å²) in [5.74, 6) is -0.433. The first-order valence-corrected chi connectivity index (χ1v) is 9.33. The van der Waals surface area contributed by atoms with Gasteiger partial charge in [0, 0.05) is 12.7 Å². The van der Waals surface area contributed by atoms with E-state index in [1.807, 2.05) is 19.1 Å². The zero-order chi connectivity index (χ0) is 19.0. The first-order valence-electron chi connectivity index (χ1n) is 8.35. The number of methoxy groups -OCH3 is 1. The number of carbonyl (C=O) groups excluding carboxylic acids is 3. The van der Waals surface area contributed by atoms with Gasteiger partial charge in [0.1, 0.15) is 6.04 Å². The van der Waals surface area contributed by atoms with Crippen LogP contribution >= 0.6 is 11.8 Å². The van der Waals surface area contributed by atoms with E-state index in [-0.39, 0.29) is 22.7 Å². The predicted molar refractivity (Wildman–Crippen MR) is 100 cm³/mol. The highest BCUT2D eigenvalue weighted by atomic mass is 32.2. The van der Waals surface area contributed by atoms with Crippen molar-refractivity contribution in [1.29, 1.82) is 0 Å². The average molecular weight is 365 g/mol. The lowest BCUT2D eigenvalue weighted by molar-refractivity contribution is -0.144. The topological polar surface area (TPSA) is 72.5 Å². The molecule has 0 aliphatic rings. The fraction of sp³-hybridized carbons (Fsp3) is 0.526. The summed E-state index contributed by atoms with van der Waals surface area (Å²) in [5, 5.41) is 2.46. The summed E-state index contributed by atoms with van der Waals surface area (Å²) in [6, 6.07) is 7.24. The molecule has 0 spiro atoms. The molecule has 6 heteroatoms. The van der Waals surface area contributed by atoms with Crippen molar-refractivity contribution in [3.8, 4) is 0 Å². The zero-order valence-electron chi connectivity index (χ0n) is 15.5. The van der Waals surface area contributed by atoms with Crippen LogP contribution in [0.15, 0.2) is 24.3 Å². The van der Waals surface area contributed by atoms with Gasteiger partial charge in [-0.05, 0) is 23.5 Å². The van der Waals surface area contributed by atoms with Crippen molar-refractivity contribution in [2.45, 2.75) is 46.1 Å². The number of thioether (sulfide) groups is 1. The van der Waals surface area contributed by atoms with E-state index in [4.69, 9.17) is 0 Å². The molecule has 1 N–H and O–H groups in total. The van der Waals surface area contributed by atoms with Crippen LogP contribution in [0.4, 0.5) is 0 Å². The van der Waals surface area contributed by atoms with Gasteiger partial charge >= 0.3 is 5.97 Å². The number of ether oxygens (including phenoxy) is 1. The van der Waals surface area contributed by atoms with Gasteiger partial charge in [0.05, 0.1) is 13.0 Å². The van der Waals surface area contributed by atoms with Crippen molar-refractivity contribution in [3.05, 3.63) is 35.4 Å². The smallest absolute Gasteiger partial charge is 0.329 e. The molecule has 0 aliphatic heterocycles. The number of amides is 1. The number of esters is 1. The van der Waals surface area contributed by atoms with Crippen LogP contribution in [0.1, 0.15) is 44.7 Å². The van der Waals surface area contributed by atoms with Gasteiger partial charge in [-0.1, -0.05) is 56.8 Å².